The number of fused-ring (bicyclic) bond motifs is 5. The molecule has 354 valence electrons. The molecule has 3 heterocycles. The highest BCUT2D eigenvalue weighted by atomic mass is 16.5. The lowest BCUT2D eigenvalue weighted by Gasteiger charge is -2.26. The van der Waals surface area contributed by atoms with Crippen LogP contribution >= 0.6 is 0 Å². The van der Waals surface area contributed by atoms with Gasteiger partial charge in [0.15, 0.2) is 23.0 Å². The van der Waals surface area contributed by atoms with E-state index in [4.69, 9.17) is 38.2 Å². The fourth-order valence-corrected chi connectivity index (χ4v) is 8.80. The Labute approximate surface area is 396 Å². The zero-order valence-corrected chi connectivity index (χ0v) is 38.8. The van der Waals surface area contributed by atoms with Gasteiger partial charge in [0.25, 0.3) is 11.8 Å². The van der Waals surface area contributed by atoms with Crippen LogP contribution < -0.4 is 33.6 Å². The highest BCUT2D eigenvalue weighted by molar-refractivity contribution is 6.15. The van der Waals surface area contributed by atoms with Gasteiger partial charge in [0.05, 0.1) is 75.8 Å². The third-order valence-corrected chi connectivity index (χ3v) is 12.2. The van der Waals surface area contributed by atoms with Crippen molar-refractivity contribution in [1.82, 2.24) is 0 Å². The molecular weight excluding hydrogens is 867 g/mol. The van der Waals surface area contributed by atoms with Crippen LogP contribution in [0, 0.1) is 0 Å². The van der Waals surface area contributed by atoms with Gasteiger partial charge in [0, 0.05) is 75.0 Å². The van der Waals surface area contributed by atoms with Crippen LogP contribution in [0.2, 0.25) is 0 Å². The van der Waals surface area contributed by atoms with Crippen molar-refractivity contribution in [2.45, 2.75) is 44.9 Å². The second-order valence-corrected chi connectivity index (χ2v) is 16.5. The molecule has 0 spiro atoms. The van der Waals surface area contributed by atoms with E-state index >= 15 is 0 Å². The minimum atomic E-state index is -0.201. The SMILES string of the molecule is C=Nc1cc(OCc2cc(COc3cc4c(cc3OC)C(=O)N3c5ccccc5C[C@H]3C=N4)cc(N(CCCC=O)CCOCCOCCOC)c2)c(OC)cc1C(=O)N1CCc2ccccc21. The van der Waals surface area contributed by atoms with Crippen LogP contribution in [0.5, 0.6) is 23.0 Å². The first-order valence-electron chi connectivity index (χ1n) is 22.8. The molecule has 3 aliphatic heterocycles. The van der Waals surface area contributed by atoms with Crippen LogP contribution in [0.25, 0.3) is 0 Å². The molecule has 5 aromatic carbocycles. The Bertz CT molecular complexity index is 2650. The number of nitrogens with zero attached hydrogens (tertiary/aromatic N) is 5. The molecule has 15 heteroatoms. The number of hydrogen-bond donors (Lipinski definition) is 0. The Hall–Kier alpha value is -7.07. The summed E-state index contributed by atoms with van der Waals surface area (Å²) in [6.07, 6.45) is 5.23. The van der Waals surface area contributed by atoms with Gasteiger partial charge in [-0.15, -0.1) is 0 Å². The van der Waals surface area contributed by atoms with Crippen molar-refractivity contribution < 1.29 is 47.5 Å². The largest absolute Gasteiger partial charge is 0.493 e. The molecule has 0 aromatic heterocycles. The van der Waals surface area contributed by atoms with Crippen molar-refractivity contribution >= 4 is 59.5 Å². The van der Waals surface area contributed by atoms with Gasteiger partial charge in [-0.3, -0.25) is 24.5 Å². The zero-order chi connectivity index (χ0) is 47.4. The van der Waals surface area contributed by atoms with E-state index in [9.17, 15) is 14.4 Å². The second-order valence-electron chi connectivity index (χ2n) is 16.5. The quantitative estimate of drug-likeness (QED) is 0.0335. The number of carbonyl (C=O) groups excluding carboxylic acids is 3. The summed E-state index contributed by atoms with van der Waals surface area (Å²) in [5.74, 6) is 1.21. The number of aldehydes is 1. The molecule has 8 rings (SSSR count). The van der Waals surface area contributed by atoms with Gasteiger partial charge in [-0.25, -0.2) is 0 Å². The molecule has 68 heavy (non-hydrogen) atoms. The number of methoxy groups -OCH3 is 3. The maximum Gasteiger partial charge on any atom is 0.261 e. The van der Waals surface area contributed by atoms with E-state index in [1.165, 1.54) is 7.11 Å². The first-order chi connectivity index (χ1) is 33.3. The smallest absolute Gasteiger partial charge is 0.261 e. The molecule has 2 amide bonds. The molecule has 0 unspecified atom stereocenters. The van der Waals surface area contributed by atoms with Crippen LogP contribution in [0.3, 0.4) is 0 Å². The van der Waals surface area contributed by atoms with Crippen LogP contribution in [0.15, 0.2) is 101 Å². The third kappa shape index (κ3) is 10.7. The molecule has 0 fully saturated rings. The Balaban J connectivity index is 1.06. The maximum atomic E-state index is 14.1. The topological polar surface area (TPSA) is 150 Å². The minimum absolute atomic E-state index is 0.109. The summed E-state index contributed by atoms with van der Waals surface area (Å²) < 4.78 is 41.2. The number of benzene rings is 5. The standard InChI is InChI=1S/C53H57N5O10/c1-54-44-31-50(48(63-3)29-42(44)52(60)57-17-15-38-11-5-7-13-46(38)57)67-34-36-25-37(27-40(26-36)56(16-9-10-19-59)18-20-65-23-24-66-22-21-62-2)35-68-51-32-45-43(30-49(51)64-4)53(61)58-41(33-55-45)28-39-12-6-8-14-47(39)58/h5-8,11-14,19,25-27,29-33,41H,1,9-10,15-18,20-24,28,34-35H2,2-4H3/t41-/m0/s1. The number of carbonyl (C=O) groups is 3. The van der Waals surface area contributed by atoms with Gasteiger partial charge >= 0.3 is 0 Å². The predicted molar refractivity (Wildman–Crippen MR) is 262 cm³/mol. The van der Waals surface area contributed by atoms with Gasteiger partial charge in [0.1, 0.15) is 19.5 Å². The van der Waals surface area contributed by atoms with Crippen molar-refractivity contribution in [2.24, 2.45) is 9.98 Å². The first-order valence-corrected chi connectivity index (χ1v) is 22.8. The summed E-state index contributed by atoms with van der Waals surface area (Å²) in [6.45, 7) is 7.96. The van der Waals surface area contributed by atoms with Crippen molar-refractivity contribution in [3.63, 3.8) is 0 Å². The molecule has 1 atom stereocenters. The number of aliphatic imine (C=N–C) groups is 2. The lowest BCUT2D eigenvalue weighted by Crippen LogP contribution is -2.37. The highest BCUT2D eigenvalue weighted by Crippen LogP contribution is 2.42. The summed E-state index contributed by atoms with van der Waals surface area (Å²) in [5, 5.41) is 0. The second kappa shape index (κ2) is 22.6. The number of unbranched alkanes of at least 4 members (excludes halogenated alkanes) is 1. The van der Waals surface area contributed by atoms with Gasteiger partial charge in [-0.1, -0.05) is 36.4 Å². The fourth-order valence-electron chi connectivity index (χ4n) is 8.80. The molecule has 0 aliphatic carbocycles. The molecule has 3 aliphatic rings. The first kappa shape index (κ1) is 47.4. The van der Waals surface area contributed by atoms with Crippen molar-refractivity contribution in [3.8, 4) is 23.0 Å². The summed E-state index contributed by atoms with van der Waals surface area (Å²) in [6, 6.07) is 28.5. The van der Waals surface area contributed by atoms with Gasteiger partial charge < -0.3 is 47.8 Å². The van der Waals surface area contributed by atoms with Crippen molar-refractivity contribution in [1.29, 1.82) is 0 Å². The van der Waals surface area contributed by atoms with E-state index in [0.29, 0.717) is 117 Å². The summed E-state index contributed by atoms with van der Waals surface area (Å²) >= 11 is 0. The van der Waals surface area contributed by atoms with Crippen molar-refractivity contribution in [2.75, 3.05) is 88.7 Å². The summed E-state index contributed by atoms with van der Waals surface area (Å²) in [4.78, 5) is 54.3. The number of para-hydroxylation sites is 2. The minimum Gasteiger partial charge on any atom is -0.493 e. The Morgan fingerprint density at radius 1 is 0.794 bits per heavy atom. The van der Waals surface area contributed by atoms with E-state index in [1.807, 2.05) is 72.9 Å². The maximum absolute atomic E-state index is 14.1. The summed E-state index contributed by atoms with van der Waals surface area (Å²) in [5.41, 5.74) is 8.10. The zero-order valence-electron chi connectivity index (χ0n) is 38.8. The van der Waals surface area contributed by atoms with Gasteiger partial charge in [-0.2, -0.15) is 0 Å². The molecule has 0 radical (unpaired) electrons. The highest BCUT2D eigenvalue weighted by Gasteiger charge is 2.36. The van der Waals surface area contributed by atoms with Crippen molar-refractivity contribution in [3.05, 3.63) is 124 Å². The molecule has 0 saturated carbocycles. The van der Waals surface area contributed by atoms with Gasteiger partial charge in [0.2, 0.25) is 0 Å². The van der Waals surface area contributed by atoms with Crippen LogP contribution in [-0.4, -0.2) is 111 Å². The molecule has 0 bridgehead atoms. The van der Waals surface area contributed by atoms with E-state index in [-0.39, 0.29) is 31.1 Å². The van der Waals surface area contributed by atoms with E-state index in [1.54, 1.807) is 48.3 Å². The molecular formula is C53H57N5O10. The average molecular weight is 924 g/mol. The number of amides is 2. The molecule has 0 saturated heterocycles. The Morgan fingerprint density at radius 2 is 1.47 bits per heavy atom. The normalized spacial score (nSPS) is 14.4. The number of anilines is 3. The number of rotatable bonds is 24. The molecule has 5 aromatic rings. The third-order valence-electron chi connectivity index (χ3n) is 12.2. The van der Waals surface area contributed by atoms with Crippen LogP contribution in [-0.2, 0) is 45.1 Å². The lowest BCUT2D eigenvalue weighted by molar-refractivity contribution is -0.107. The number of hydrogen-bond acceptors (Lipinski definition) is 13. The Kier molecular flexibility index (Phi) is 15.8. The predicted octanol–water partition coefficient (Wildman–Crippen LogP) is 8.15. The van der Waals surface area contributed by atoms with Crippen LogP contribution in [0.4, 0.5) is 28.4 Å². The average Bonchev–Trinajstić information content (AvgIpc) is 3.94. The summed E-state index contributed by atoms with van der Waals surface area (Å²) in [7, 11) is 4.71. The van der Waals surface area contributed by atoms with E-state index < -0.39 is 0 Å². The lowest BCUT2D eigenvalue weighted by atomic mass is 10.1. The Morgan fingerprint density at radius 3 is 2.19 bits per heavy atom. The van der Waals surface area contributed by atoms with Crippen LogP contribution in [0.1, 0.15) is 55.8 Å². The molecule has 15 nitrogen and oxygen atoms in total. The molecule has 0 N–H and O–H groups in total. The number of ether oxygens (including phenoxy) is 7. The van der Waals surface area contributed by atoms with Gasteiger partial charge in [-0.05, 0) is 84.3 Å². The fraction of sp³-hybridized carbons (Fsp3) is 0.340. The van der Waals surface area contributed by atoms with E-state index in [2.05, 4.69) is 16.6 Å². The monoisotopic (exact) mass is 923 g/mol. The van der Waals surface area contributed by atoms with E-state index in [0.717, 1.165) is 52.0 Å².